The molecular formula is C11H17N5O. The number of hydrogen-bond acceptors (Lipinski definition) is 5. The van der Waals surface area contributed by atoms with E-state index in [-0.39, 0.29) is 0 Å². The van der Waals surface area contributed by atoms with Crippen LogP contribution in [0.15, 0.2) is 6.33 Å². The Balaban J connectivity index is 2.64. The summed E-state index contributed by atoms with van der Waals surface area (Å²) >= 11 is 0. The number of hydrazine groups is 1. The number of nitrogens with zero attached hydrogens (tertiary/aromatic N) is 3. The zero-order valence-electron chi connectivity index (χ0n) is 10.3. The van der Waals surface area contributed by atoms with Crippen molar-refractivity contribution in [2.24, 2.45) is 5.84 Å². The number of hydrogen-bond donors (Lipinski definition) is 2. The largest absolute Gasteiger partial charge is 0.383 e. The van der Waals surface area contributed by atoms with E-state index < -0.39 is 0 Å². The van der Waals surface area contributed by atoms with Gasteiger partial charge >= 0.3 is 0 Å². The number of nitrogens with two attached hydrogens (primary N) is 1. The van der Waals surface area contributed by atoms with Crippen molar-refractivity contribution in [1.82, 2.24) is 14.5 Å². The topological polar surface area (TPSA) is 78.0 Å². The number of aryl methyl sites for hydroxylation is 1. The van der Waals surface area contributed by atoms with Gasteiger partial charge in [-0.1, -0.05) is 0 Å². The number of aromatic nitrogens is 3. The highest BCUT2D eigenvalue weighted by molar-refractivity contribution is 5.91. The van der Waals surface area contributed by atoms with Gasteiger partial charge in [0.15, 0.2) is 5.82 Å². The molecule has 0 saturated carbocycles. The molecule has 0 saturated heterocycles. The Hall–Kier alpha value is -1.66. The molecule has 6 nitrogen and oxygen atoms in total. The third kappa shape index (κ3) is 1.85. The summed E-state index contributed by atoms with van der Waals surface area (Å²) in [5.41, 5.74) is 5.80. The van der Waals surface area contributed by atoms with E-state index in [1.54, 1.807) is 7.11 Å². The molecule has 0 amide bonds. The van der Waals surface area contributed by atoms with E-state index in [1.165, 1.54) is 6.33 Å². The summed E-state index contributed by atoms with van der Waals surface area (Å²) in [5.74, 6) is 6.13. The van der Waals surface area contributed by atoms with Gasteiger partial charge in [-0.3, -0.25) is 0 Å². The Kier molecular flexibility index (Phi) is 3.26. The van der Waals surface area contributed by atoms with Gasteiger partial charge in [-0.2, -0.15) is 0 Å². The minimum absolute atomic E-state index is 0.652. The Bertz CT molecular complexity index is 534. The first-order valence-corrected chi connectivity index (χ1v) is 5.46. The molecule has 2 heterocycles. The molecule has 0 atom stereocenters. The molecule has 0 aliphatic heterocycles. The van der Waals surface area contributed by atoms with Gasteiger partial charge in [-0.05, 0) is 19.4 Å². The second kappa shape index (κ2) is 4.68. The maximum atomic E-state index is 5.47. The first kappa shape index (κ1) is 11.8. The second-order valence-corrected chi connectivity index (χ2v) is 3.92. The lowest BCUT2D eigenvalue weighted by molar-refractivity contribution is 0.187. The highest BCUT2D eigenvalue weighted by Gasteiger charge is 2.15. The van der Waals surface area contributed by atoms with E-state index >= 15 is 0 Å². The molecule has 92 valence electrons. The van der Waals surface area contributed by atoms with Crippen LogP contribution in [-0.4, -0.2) is 28.3 Å². The summed E-state index contributed by atoms with van der Waals surface area (Å²) in [6, 6.07) is 0. The van der Waals surface area contributed by atoms with Crippen LogP contribution in [-0.2, 0) is 11.3 Å². The highest BCUT2D eigenvalue weighted by Crippen LogP contribution is 2.27. The number of rotatable bonds is 4. The molecule has 0 aliphatic carbocycles. The Morgan fingerprint density at radius 1 is 1.41 bits per heavy atom. The van der Waals surface area contributed by atoms with E-state index in [1.807, 2.05) is 6.92 Å². The molecule has 0 aromatic carbocycles. The summed E-state index contributed by atoms with van der Waals surface area (Å²) in [7, 11) is 1.69. The molecule has 2 aromatic heterocycles. The molecule has 3 N–H and O–H groups in total. The molecule has 0 aliphatic rings. The van der Waals surface area contributed by atoms with Crippen molar-refractivity contribution in [3.8, 4) is 0 Å². The monoisotopic (exact) mass is 235 g/mol. The molecule has 0 radical (unpaired) electrons. The number of anilines is 1. The van der Waals surface area contributed by atoms with Crippen LogP contribution < -0.4 is 11.3 Å². The van der Waals surface area contributed by atoms with Crippen LogP contribution in [0.5, 0.6) is 0 Å². The lowest BCUT2D eigenvalue weighted by Crippen LogP contribution is -2.10. The third-order valence-corrected chi connectivity index (χ3v) is 3.06. The van der Waals surface area contributed by atoms with Gasteiger partial charge in [0.1, 0.15) is 12.0 Å². The second-order valence-electron chi connectivity index (χ2n) is 3.92. The van der Waals surface area contributed by atoms with Crippen molar-refractivity contribution in [2.75, 3.05) is 19.1 Å². The van der Waals surface area contributed by atoms with Crippen molar-refractivity contribution in [1.29, 1.82) is 0 Å². The van der Waals surface area contributed by atoms with Crippen molar-refractivity contribution in [3.63, 3.8) is 0 Å². The Morgan fingerprint density at radius 3 is 2.82 bits per heavy atom. The third-order valence-electron chi connectivity index (χ3n) is 3.06. The summed E-state index contributed by atoms with van der Waals surface area (Å²) in [4.78, 5) is 8.45. The minimum atomic E-state index is 0.652. The molecule has 0 unspecified atom stereocenters. The van der Waals surface area contributed by atoms with Gasteiger partial charge in [-0.25, -0.2) is 15.8 Å². The number of fused-ring (bicyclic) bond motifs is 1. The van der Waals surface area contributed by atoms with E-state index in [0.29, 0.717) is 12.4 Å². The molecule has 0 bridgehead atoms. The fourth-order valence-electron chi connectivity index (χ4n) is 2.03. The molecule has 17 heavy (non-hydrogen) atoms. The Labute approximate surface area is 99.8 Å². The molecule has 0 spiro atoms. The van der Waals surface area contributed by atoms with Crippen molar-refractivity contribution < 1.29 is 4.74 Å². The molecule has 0 fully saturated rings. The summed E-state index contributed by atoms with van der Waals surface area (Å²) < 4.78 is 7.23. The van der Waals surface area contributed by atoms with Crippen molar-refractivity contribution in [2.45, 2.75) is 20.4 Å². The van der Waals surface area contributed by atoms with Crippen LogP contribution in [0.25, 0.3) is 11.0 Å². The van der Waals surface area contributed by atoms with E-state index in [2.05, 4.69) is 26.9 Å². The molecule has 2 rings (SSSR count). The van der Waals surface area contributed by atoms with Gasteiger partial charge in [-0.15, -0.1) is 0 Å². The summed E-state index contributed by atoms with van der Waals surface area (Å²) in [5, 5.41) is 0.976. The quantitative estimate of drug-likeness (QED) is 0.610. The fraction of sp³-hybridized carbons (Fsp3) is 0.455. The summed E-state index contributed by atoms with van der Waals surface area (Å²) in [6.45, 7) is 5.53. The minimum Gasteiger partial charge on any atom is -0.383 e. The maximum absolute atomic E-state index is 5.47. The van der Waals surface area contributed by atoms with Crippen molar-refractivity contribution in [3.05, 3.63) is 17.6 Å². The first-order valence-electron chi connectivity index (χ1n) is 5.46. The van der Waals surface area contributed by atoms with Gasteiger partial charge < -0.3 is 14.7 Å². The number of nitrogen functional groups attached to an aromatic ring is 1. The average molecular weight is 235 g/mol. The molecular weight excluding hydrogens is 218 g/mol. The van der Waals surface area contributed by atoms with Gasteiger partial charge in [0.25, 0.3) is 0 Å². The van der Waals surface area contributed by atoms with Gasteiger partial charge in [0.05, 0.1) is 12.0 Å². The SMILES string of the molecule is COCCn1c(C)c(C)c2c(NN)ncnc21. The van der Waals surface area contributed by atoms with Gasteiger partial charge in [0, 0.05) is 19.3 Å². The standard InChI is InChI=1S/C11H17N5O/c1-7-8(2)16(4-5-17-3)11-9(7)10(15-12)13-6-14-11/h6H,4-5,12H2,1-3H3,(H,13,14,15). The highest BCUT2D eigenvalue weighted by atomic mass is 16.5. The van der Waals surface area contributed by atoms with E-state index in [9.17, 15) is 0 Å². The molecule has 6 heteroatoms. The van der Waals surface area contributed by atoms with E-state index in [0.717, 1.165) is 28.8 Å². The lowest BCUT2D eigenvalue weighted by Gasteiger charge is -2.06. The Morgan fingerprint density at radius 2 is 2.18 bits per heavy atom. The maximum Gasteiger partial charge on any atom is 0.153 e. The van der Waals surface area contributed by atoms with Crippen LogP contribution in [0.1, 0.15) is 11.3 Å². The fourth-order valence-corrected chi connectivity index (χ4v) is 2.03. The first-order chi connectivity index (χ1) is 8.20. The van der Waals surface area contributed by atoms with Crippen LogP contribution >= 0.6 is 0 Å². The average Bonchev–Trinajstić information content (AvgIpc) is 2.60. The zero-order valence-corrected chi connectivity index (χ0v) is 10.3. The normalized spacial score (nSPS) is 11.1. The molecule has 2 aromatic rings. The van der Waals surface area contributed by atoms with Crippen LogP contribution in [0.3, 0.4) is 0 Å². The zero-order chi connectivity index (χ0) is 12.4. The number of ether oxygens (including phenoxy) is 1. The predicted molar refractivity (Wildman–Crippen MR) is 66.7 cm³/mol. The smallest absolute Gasteiger partial charge is 0.153 e. The lowest BCUT2D eigenvalue weighted by atomic mass is 10.2. The van der Waals surface area contributed by atoms with Gasteiger partial charge in [0.2, 0.25) is 0 Å². The number of nitrogens with one attached hydrogen (secondary N) is 1. The summed E-state index contributed by atoms with van der Waals surface area (Å²) in [6.07, 6.45) is 1.51. The predicted octanol–water partition coefficient (Wildman–Crippen LogP) is 0.980. The number of methoxy groups -OCH3 is 1. The van der Waals surface area contributed by atoms with E-state index in [4.69, 9.17) is 10.6 Å². The van der Waals surface area contributed by atoms with Crippen LogP contribution in [0, 0.1) is 13.8 Å². The van der Waals surface area contributed by atoms with Crippen LogP contribution in [0.2, 0.25) is 0 Å². The van der Waals surface area contributed by atoms with Crippen LogP contribution in [0.4, 0.5) is 5.82 Å². The van der Waals surface area contributed by atoms with Crippen molar-refractivity contribution >= 4 is 16.9 Å².